The number of aliphatic carboxylic acids is 1. The first-order valence-electron chi connectivity index (χ1n) is 4.15. The van der Waals surface area contributed by atoms with Gasteiger partial charge in [-0.15, -0.1) is 0 Å². The van der Waals surface area contributed by atoms with Crippen molar-refractivity contribution in [3.05, 3.63) is 27.7 Å². The Morgan fingerprint density at radius 1 is 1.35 bits per heavy atom. The van der Waals surface area contributed by atoms with Gasteiger partial charge in [-0.2, -0.15) is 13.2 Å². The zero-order chi connectivity index (χ0) is 13.4. The number of carboxylic acids is 1. The number of hydrogen-bond acceptors (Lipinski definition) is 3. The Bertz CT molecular complexity index is 458. The lowest BCUT2D eigenvalue weighted by Gasteiger charge is -2.15. The van der Waals surface area contributed by atoms with Crippen LogP contribution in [0, 0.1) is 0 Å². The molecule has 0 bridgehead atoms. The molecule has 0 saturated carbocycles. The van der Waals surface area contributed by atoms with Crippen LogP contribution in [0.25, 0.3) is 0 Å². The second-order valence-corrected chi connectivity index (χ2v) is 4.05. The molecule has 0 amide bonds. The van der Waals surface area contributed by atoms with Crippen molar-refractivity contribution in [3.63, 3.8) is 0 Å². The fourth-order valence-corrected chi connectivity index (χ4v) is 1.65. The summed E-state index contributed by atoms with van der Waals surface area (Å²) in [7, 11) is 0. The summed E-state index contributed by atoms with van der Waals surface area (Å²) in [5, 5.41) is 26.9. The molecule has 1 aromatic carbocycles. The monoisotopic (exact) mass is 314 g/mol. The van der Waals surface area contributed by atoms with Gasteiger partial charge in [-0.25, -0.2) is 4.79 Å². The lowest BCUT2D eigenvalue weighted by atomic mass is 10.0. The Hall–Kier alpha value is -1.28. The van der Waals surface area contributed by atoms with Gasteiger partial charge >= 0.3 is 12.1 Å². The normalized spacial score (nSPS) is 13.5. The molecule has 0 saturated heterocycles. The van der Waals surface area contributed by atoms with Crippen molar-refractivity contribution in [2.24, 2.45) is 0 Å². The minimum absolute atomic E-state index is 0.0991. The summed E-state index contributed by atoms with van der Waals surface area (Å²) in [5.41, 5.74) is -2.14. The van der Waals surface area contributed by atoms with Gasteiger partial charge in [0.15, 0.2) is 6.10 Å². The summed E-state index contributed by atoms with van der Waals surface area (Å²) in [5.74, 6) is -3.05. The molecule has 0 aromatic heterocycles. The van der Waals surface area contributed by atoms with E-state index in [-0.39, 0.29) is 4.47 Å². The molecule has 3 N–H and O–H groups in total. The third-order valence-corrected chi connectivity index (χ3v) is 2.40. The number of aliphatic hydroxyl groups excluding tert-OH is 1. The second-order valence-electron chi connectivity index (χ2n) is 3.13. The van der Waals surface area contributed by atoms with Crippen molar-refractivity contribution in [2.75, 3.05) is 0 Å². The molecule has 0 aliphatic heterocycles. The van der Waals surface area contributed by atoms with Crippen LogP contribution in [0.1, 0.15) is 17.2 Å². The highest BCUT2D eigenvalue weighted by Gasteiger charge is 2.36. The van der Waals surface area contributed by atoms with E-state index in [9.17, 15) is 23.1 Å². The predicted octanol–water partition coefficient (Wildman–Crippen LogP) is 2.29. The van der Waals surface area contributed by atoms with Gasteiger partial charge in [0.05, 0.1) is 5.56 Å². The molecular weight excluding hydrogens is 309 g/mol. The largest absolute Gasteiger partial charge is 0.507 e. The number of phenolic OH excluding ortho intramolecular Hbond substituents is 1. The van der Waals surface area contributed by atoms with E-state index in [1.807, 2.05) is 0 Å². The molecule has 0 aliphatic carbocycles. The van der Waals surface area contributed by atoms with Gasteiger partial charge in [0.25, 0.3) is 0 Å². The van der Waals surface area contributed by atoms with Crippen LogP contribution >= 0.6 is 15.9 Å². The van der Waals surface area contributed by atoms with E-state index >= 15 is 0 Å². The lowest BCUT2D eigenvalue weighted by Crippen LogP contribution is -2.13. The lowest BCUT2D eigenvalue weighted by molar-refractivity contribution is -0.147. The Morgan fingerprint density at radius 2 is 1.88 bits per heavy atom. The van der Waals surface area contributed by atoms with Crippen LogP contribution in [-0.4, -0.2) is 21.3 Å². The number of rotatable bonds is 2. The minimum Gasteiger partial charge on any atom is -0.507 e. The van der Waals surface area contributed by atoms with Crippen molar-refractivity contribution < 1.29 is 33.3 Å². The number of halogens is 4. The number of carbonyl (C=O) groups is 1. The van der Waals surface area contributed by atoms with Gasteiger partial charge in [-0.05, 0) is 12.1 Å². The highest BCUT2D eigenvalue weighted by atomic mass is 79.9. The van der Waals surface area contributed by atoms with E-state index in [0.717, 1.165) is 6.07 Å². The first kappa shape index (κ1) is 13.8. The van der Waals surface area contributed by atoms with Crippen molar-refractivity contribution >= 4 is 21.9 Å². The zero-order valence-corrected chi connectivity index (χ0v) is 9.58. The number of hydrogen-bond donors (Lipinski definition) is 3. The van der Waals surface area contributed by atoms with E-state index in [0.29, 0.717) is 6.07 Å². The van der Waals surface area contributed by atoms with Gasteiger partial charge in [-0.3, -0.25) is 0 Å². The molecule has 0 fully saturated rings. The van der Waals surface area contributed by atoms with E-state index in [1.54, 1.807) is 0 Å². The SMILES string of the molecule is O=C(O)C(O)c1cc(Br)cc(C(F)(F)F)c1O. The summed E-state index contributed by atoms with van der Waals surface area (Å²) in [6.45, 7) is 0. The number of phenols is 1. The summed E-state index contributed by atoms with van der Waals surface area (Å²) in [6, 6.07) is 1.50. The predicted molar refractivity (Wildman–Crippen MR) is 53.4 cm³/mol. The van der Waals surface area contributed by atoms with E-state index < -0.39 is 35.1 Å². The molecule has 1 aromatic rings. The molecule has 1 atom stereocenters. The maximum Gasteiger partial charge on any atom is 0.420 e. The molecule has 0 heterocycles. The summed E-state index contributed by atoms with van der Waals surface area (Å²) < 4.78 is 37.3. The van der Waals surface area contributed by atoms with Crippen molar-refractivity contribution in [3.8, 4) is 5.75 Å². The molecule has 8 heteroatoms. The van der Waals surface area contributed by atoms with Gasteiger partial charge in [0, 0.05) is 10.0 Å². The molecule has 94 valence electrons. The maximum absolute atomic E-state index is 12.5. The summed E-state index contributed by atoms with van der Waals surface area (Å²) >= 11 is 2.74. The van der Waals surface area contributed by atoms with Gasteiger partial charge in [0.2, 0.25) is 0 Å². The van der Waals surface area contributed by atoms with E-state index in [4.69, 9.17) is 10.2 Å². The molecule has 1 rings (SSSR count). The zero-order valence-electron chi connectivity index (χ0n) is 7.99. The van der Waals surface area contributed by atoms with Crippen LogP contribution in [0.4, 0.5) is 13.2 Å². The Morgan fingerprint density at radius 3 is 2.29 bits per heavy atom. The molecular formula is C9H6BrF3O4. The average Bonchev–Trinajstić information content (AvgIpc) is 2.18. The standard InChI is InChI=1S/C9H6BrF3O4/c10-3-1-4(7(15)8(16)17)6(14)5(2-3)9(11,12)13/h1-2,7,14-15H,(H,16,17). The van der Waals surface area contributed by atoms with Crippen molar-refractivity contribution in [1.82, 2.24) is 0 Å². The van der Waals surface area contributed by atoms with Crippen LogP contribution in [-0.2, 0) is 11.0 Å². The van der Waals surface area contributed by atoms with Crippen LogP contribution in [0.2, 0.25) is 0 Å². The van der Waals surface area contributed by atoms with Crippen LogP contribution in [0.15, 0.2) is 16.6 Å². The van der Waals surface area contributed by atoms with Crippen LogP contribution in [0.5, 0.6) is 5.75 Å². The summed E-state index contributed by atoms with van der Waals surface area (Å²) in [4.78, 5) is 10.5. The van der Waals surface area contributed by atoms with Gasteiger partial charge in [-0.1, -0.05) is 15.9 Å². The van der Waals surface area contributed by atoms with Crippen molar-refractivity contribution in [1.29, 1.82) is 0 Å². The highest BCUT2D eigenvalue weighted by Crippen LogP contribution is 2.41. The molecule has 1 unspecified atom stereocenters. The topological polar surface area (TPSA) is 77.8 Å². The Kier molecular flexibility index (Phi) is 3.68. The summed E-state index contributed by atoms with van der Waals surface area (Å²) in [6.07, 6.45) is -7.07. The Labute approximate surface area is 101 Å². The smallest absolute Gasteiger partial charge is 0.420 e. The third kappa shape index (κ3) is 2.89. The molecule has 0 radical (unpaired) electrons. The molecule has 17 heavy (non-hydrogen) atoms. The maximum atomic E-state index is 12.5. The fourth-order valence-electron chi connectivity index (χ4n) is 1.18. The van der Waals surface area contributed by atoms with Gasteiger partial charge < -0.3 is 15.3 Å². The third-order valence-electron chi connectivity index (χ3n) is 1.94. The van der Waals surface area contributed by atoms with Crippen molar-refractivity contribution in [2.45, 2.75) is 12.3 Å². The van der Waals surface area contributed by atoms with Crippen LogP contribution < -0.4 is 0 Å². The highest BCUT2D eigenvalue weighted by molar-refractivity contribution is 9.10. The van der Waals surface area contributed by atoms with Gasteiger partial charge in [0.1, 0.15) is 5.75 Å². The fraction of sp³-hybridized carbons (Fsp3) is 0.222. The molecule has 4 nitrogen and oxygen atoms in total. The number of carboxylic acid groups (broad SMARTS) is 1. The number of alkyl halides is 3. The average molecular weight is 315 g/mol. The number of aromatic hydroxyl groups is 1. The quantitative estimate of drug-likeness (QED) is 0.782. The number of aliphatic hydroxyl groups is 1. The van der Waals surface area contributed by atoms with E-state index in [1.165, 1.54) is 0 Å². The minimum atomic E-state index is -4.85. The molecule has 0 spiro atoms. The van der Waals surface area contributed by atoms with E-state index in [2.05, 4.69) is 15.9 Å². The molecule has 0 aliphatic rings. The number of benzene rings is 1. The van der Waals surface area contributed by atoms with Crippen LogP contribution in [0.3, 0.4) is 0 Å². The Balaban J connectivity index is 3.44. The first-order valence-corrected chi connectivity index (χ1v) is 4.94. The first-order chi connectivity index (χ1) is 7.64. The second kappa shape index (κ2) is 4.53.